The normalized spacial score (nSPS) is 10.8. The molecule has 0 atom stereocenters. The third kappa shape index (κ3) is 3.77. The number of halogens is 1. The van der Waals surface area contributed by atoms with Crippen LogP contribution in [0.4, 0.5) is 0 Å². The molecule has 0 aliphatic heterocycles. The lowest BCUT2D eigenvalue weighted by molar-refractivity contribution is 0.454. The average molecular weight is 283 g/mol. The van der Waals surface area contributed by atoms with Gasteiger partial charge in [-0.3, -0.25) is 0 Å². The second kappa shape index (κ2) is 6.83. The lowest BCUT2D eigenvalue weighted by atomic mass is 10.2. The largest absolute Gasteiger partial charge is 0.440 e. The lowest BCUT2D eigenvalue weighted by Gasteiger charge is -2.09. The number of hydrogen-bond acceptors (Lipinski definition) is 4. The predicted octanol–water partition coefficient (Wildman–Crippen LogP) is 3.98. The molecule has 0 spiro atoms. The maximum atomic E-state index is 6.03. The van der Waals surface area contributed by atoms with Crippen molar-refractivity contribution in [2.24, 2.45) is 0 Å². The first-order valence-corrected chi connectivity index (χ1v) is 7.05. The average Bonchev–Trinajstić information content (AvgIpc) is 2.85. The second-order valence-electron chi connectivity index (χ2n) is 3.83. The van der Waals surface area contributed by atoms with Gasteiger partial charge >= 0.3 is 0 Å². The van der Waals surface area contributed by atoms with E-state index in [0.717, 1.165) is 29.4 Å². The Morgan fingerprint density at radius 2 is 2.33 bits per heavy atom. The van der Waals surface area contributed by atoms with Gasteiger partial charge in [0.2, 0.25) is 0 Å². The van der Waals surface area contributed by atoms with E-state index in [1.54, 1.807) is 12.5 Å². The summed E-state index contributed by atoms with van der Waals surface area (Å²) in [5, 5.41) is 4.74. The maximum Gasteiger partial charge on any atom is 0.260 e. The minimum Gasteiger partial charge on any atom is -0.440 e. The molecule has 5 heteroatoms. The van der Waals surface area contributed by atoms with Crippen molar-refractivity contribution in [1.29, 1.82) is 0 Å². The molecule has 0 unspecified atom stereocenters. The Morgan fingerprint density at radius 3 is 3.06 bits per heavy atom. The van der Waals surface area contributed by atoms with E-state index >= 15 is 0 Å². The van der Waals surface area contributed by atoms with Crippen LogP contribution in [0.3, 0.4) is 0 Å². The Kier molecular flexibility index (Phi) is 5.11. The Hall–Kier alpha value is -0.970. The third-order valence-corrected chi connectivity index (χ3v) is 3.59. The highest BCUT2D eigenvalue weighted by molar-refractivity contribution is 7.99. The van der Waals surface area contributed by atoms with E-state index in [4.69, 9.17) is 16.0 Å². The van der Waals surface area contributed by atoms with Crippen molar-refractivity contribution in [3.05, 3.63) is 41.2 Å². The molecule has 2 aromatic rings. The van der Waals surface area contributed by atoms with E-state index in [0.29, 0.717) is 5.22 Å². The molecule has 0 fully saturated rings. The highest BCUT2D eigenvalue weighted by Crippen LogP contribution is 2.31. The van der Waals surface area contributed by atoms with Crippen molar-refractivity contribution in [3.63, 3.8) is 0 Å². The van der Waals surface area contributed by atoms with Crippen LogP contribution in [0.25, 0.3) is 0 Å². The molecule has 3 nitrogen and oxygen atoms in total. The van der Waals surface area contributed by atoms with Gasteiger partial charge in [0, 0.05) is 16.5 Å². The van der Waals surface area contributed by atoms with Crippen LogP contribution in [0, 0.1) is 0 Å². The summed E-state index contributed by atoms with van der Waals surface area (Å²) in [5.41, 5.74) is 1.20. The van der Waals surface area contributed by atoms with E-state index < -0.39 is 0 Å². The van der Waals surface area contributed by atoms with Gasteiger partial charge in [0.1, 0.15) is 6.26 Å². The Labute approximate surface area is 116 Å². The molecule has 1 heterocycles. The van der Waals surface area contributed by atoms with Gasteiger partial charge in [-0.05, 0) is 42.4 Å². The van der Waals surface area contributed by atoms with E-state index in [9.17, 15) is 0 Å². The van der Waals surface area contributed by atoms with Crippen LogP contribution >= 0.6 is 23.4 Å². The van der Waals surface area contributed by atoms with Crippen molar-refractivity contribution in [3.8, 4) is 0 Å². The standard InChI is InChI=1S/C13H15ClN2OS/c1-2-5-15-9-10-3-4-11(14)8-12(10)18-13-16-6-7-17-13/h3-4,6-8,15H,2,5,9H2,1H3. The summed E-state index contributed by atoms with van der Waals surface area (Å²) in [7, 11) is 0. The van der Waals surface area contributed by atoms with Gasteiger partial charge in [-0.25, -0.2) is 4.98 Å². The summed E-state index contributed by atoms with van der Waals surface area (Å²) in [6.45, 7) is 3.98. The van der Waals surface area contributed by atoms with Gasteiger partial charge in [-0.2, -0.15) is 0 Å². The van der Waals surface area contributed by atoms with Gasteiger partial charge in [0.05, 0.1) is 6.20 Å². The highest BCUT2D eigenvalue weighted by atomic mass is 35.5. The van der Waals surface area contributed by atoms with Crippen molar-refractivity contribution < 1.29 is 4.42 Å². The van der Waals surface area contributed by atoms with Gasteiger partial charge in [-0.1, -0.05) is 24.6 Å². The van der Waals surface area contributed by atoms with Gasteiger partial charge in [-0.15, -0.1) is 0 Å². The molecule has 1 aromatic heterocycles. The van der Waals surface area contributed by atoms with Crippen LogP contribution in [-0.4, -0.2) is 11.5 Å². The fraction of sp³-hybridized carbons (Fsp3) is 0.308. The minimum absolute atomic E-state index is 0.633. The number of benzene rings is 1. The van der Waals surface area contributed by atoms with E-state index in [1.165, 1.54) is 17.3 Å². The zero-order chi connectivity index (χ0) is 12.8. The van der Waals surface area contributed by atoms with Crippen LogP contribution in [-0.2, 0) is 6.54 Å². The smallest absolute Gasteiger partial charge is 0.260 e. The molecular weight excluding hydrogens is 268 g/mol. The quantitative estimate of drug-likeness (QED) is 0.814. The van der Waals surface area contributed by atoms with E-state index in [2.05, 4.69) is 17.2 Å². The number of nitrogens with zero attached hydrogens (tertiary/aromatic N) is 1. The summed E-state index contributed by atoms with van der Waals surface area (Å²) >= 11 is 7.52. The summed E-state index contributed by atoms with van der Waals surface area (Å²) in [5.74, 6) is 0. The number of rotatable bonds is 6. The van der Waals surface area contributed by atoms with Gasteiger partial charge < -0.3 is 9.73 Å². The Bertz CT molecular complexity index is 488. The summed E-state index contributed by atoms with van der Waals surface area (Å²) < 4.78 is 5.25. The maximum absolute atomic E-state index is 6.03. The van der Waals surface area contributed by atoms with Crippen LogP contribution in [0.1, 0.15) is 18.9 Å². The van der Waals surface area contributed by atoms with Crippen molar-refractivity contribution in [1.82, 2.24) is 10.3 Å². The minimum atomic E-state index is 0.633. The van der Waals surface area contributed by atoms with Crippen LogP contribution in [0.15, 0.2) is 45.2 Å². The summed E-state index contributed by atoms with van der Waals surface area (Å²) in [6, 6.07) is 5.89. The Balaban J connectivity index is 2.12. The topological polar surface area (TPSA) is 38.1 Å². The number of oxazole rings is 1. The van der Waals surface area contributed by atoms with Crippen LogP contribution in [0.2, 0.25) is 5.02 Å². The Morgan fingerprint density at radius 1 is 1.44 bits per heavy atom. The van der Waals surface area contributed by atoms with E-state index in [-0.39, 0.29) is 0 Å². The van der Waals surface area contributed by atoms with Gasteiger partial charge in [0.25, 0.3) is 5.22 Å². The van der Waals surface area contributed by atoms with Gasteiger partial charge in [0.15, 0.2) is 0 Å². The molecule has 96 valence electrons. The fourth-order valence-electron chi connectivity index (χ4n) is 1.52. The first-order valence-electron chi connectivity index (χ1n) is 5.86. The van der Waals surface area contributed by atoms with Crippen molar-refractivity contribution in [2.45, 2.75) is 30.0 Å². The summed E-state index contributed by atoms with van der Waals surface area (Å²) in [4.78, 5) is 5.19. The first kappa shape index (κ1) is 13.5. The molecule has 0 bridgehead atoms. The summed E-state index contributed by atoms with van der Waals surface area (Å²) in [6.07, 6.45) is 4.33. The number of hydrogen-bond donors (Lipinski definition) is 1. The number of aromatic nitrogens is 1. The molecule has 0 amide bonds. The first-order chi connectivity index (χ1) is 8.79. The molecule has 1 N–H and O–H groups in total. The molecule has 0 saturated carbocycles. The van der Waals surface area contributed by atoms with Crippen molar-refractivity contribution in [2.75, 3.05) is 6.54 Å². The molecule has 0 radical (unpaired) electrons. The molecule has 1 aromatic carbocycles. The third-order valence-electron chi connectivity index (χ3n) is 2.38. The van der Waals surface area contributed by atoms with Crippen LogP contribution in [0.5, 0.6) is 0 Å². The van der Waals surface area contributed by atoms with E-state index in [1.807, 2.05) is 18.2 Å². The molecule has 0 aliphatic rings. The monoisotopic (exact) mass is 282 g/mol. The predicted molar refractivity (Wildman–Crippen MR) is 74.1 cm³/mol. The zero-order valence-electron chi connectivity index (χ0n) is 10.1. The number of nitrogens with one attached hydrogen (secondary N) is 1. The molecule has 0 saturated heterocycles. The fourth-order valence-corrected chi connectivity index (χ4v) is 2.62. The highest BCUT2D eigenvalue weighted by Gasteiger charge is 2.08. The van der Waals surface area contributed by atoms with Crippen LogP contribution < -0.4 is 5.32 Å². The molecular formula is C13H15ClN2OS. The second-order valence-corrected chi connectivity index (χ2v) is 5.26. The zero-order valence-corrected chi connectivity index (χ0v) is 11.7. The van der Waals surface area contributed by atoms with Crippen molar-refractivity contribution >= 4 is 23.4 Å². The lowest BCUT2D eigenvalue weighted by Crippen LogP contribution is -2.14. The molecule has 18 heavy (non-hydrogen) atoms. The SMILES string of the molecule is CCCNCc1ccc(Cl)cc1Sc1ncco1. The molecule has 0 aliphatic carbocycles. The molecule has 2 rings (SSSR count).